The number of carbonyl (C=O) groups excluding carboxylic acids is 2. The van der Waals surface area contributed by atoms with Gasteiger partial charge in [0.05, 0.1) is 10.9 Å². The Kier molecular flexibility index (Phi) is 8.96. The lowest BCUT2D eigenvalue weighted by atomic mass is 10.2. The molecule has 0 fully saturated rings. The van der Waals surface area contributed by atoms with E-state index >= 15 is 0 Å². The van der Waals surface area contributed by atoms with Crippen molar-refractivity contribution in [3.8, 4) is 0 Å². The van der Waals surface area contributed by atoms with E-state index in [0.29, 0.717) is 6.54 Å². The SMILES string of the molecule is CC(=O)OC/C=C\CN(Cc1ccccc1)C(=O)[C@H](C)NS(=O)(=O)c1ccc(C)cc1. The minimum Gasteiger partial charge on any atom is -0.462 e. The highest BCUT2D eigenvalue weighted by molar-refractivity contribution is 7.89. The molecule has 2 aromatic carbocycles. The Labute approximate surface area is 183 Å². The molecular weight excluding hydrogens is 416 g/mol. The van der Waals surface area contributed by atoms with Crippen LogP contribution >= 0.6 is 0 Å². The van der Waals surface area contributed by atoms with E-state index in [1.165, 1.54) is 26.0 Å². The van der Waals surface area contributed by atoms with Crippen LogP contribution in [0.25, 0.3) is 0 Å². The first-order valence-electron chi connectivity index (χ1n) is 9.89. The van der Waals surface area contributed by atoms with Gasteiger partial charge in [0.2, 0.25) is 15.9 Å². The highest BCUT2D eigenvalue weighted by Gasteiger charge is 2.25. The zero-order valence-corrected chi connectivity index (χ0v) is 18.8. The van der Waals surface area contributed by atoms with E-state index in [2.05, 4.69) is 4.72 Å². The summed E-state index contributed by atoms with van der Waals surface area (Å²) in [5, 5.41) is 0. The van der Waals surface area contributed by atoms with Gasteiger partial charge in [0.25, 0.3) is 0 Å². The molecule has 0 radical (unpaired) electrons. The van der Waals surface area contributed by atoms with E-state index in [1.54, 1.807) is 29.2 Å². The summed E-state index contributed by atoms with van der Waals surface area (Å²) in [4.78, 5) is 25.6. The van der Waals surface area contributed by atoms with Crippen LogP contribution < -0.4 is 4.72 Å². The fraction of sp³-hybridized carbons (Fsp3) is 0.304. The van der Waals surface area contributed by atoms with Crippen molar-refractivity contribution in [3.05, 3.63) is 77.9 Å². The Balaban J connectivity index is 2.11. The Bertz CT molecular complexity index is 1000. The van der Waals surface area contributed by atoms with Gasteiger partial charge in [0.1, 0.15) is 6.61 Å². The maximum atomic E-state index is 13.1. The molecule has 2 aromatic rings. The number of carbonyl (C=O) groups is 2. The second kappa shape index (κ2) is 11.4. The third-order valence-electron chi connectivity index (χ3n) is 4.44. The number of nitrogens with zero attached hydrogens (tertiary/aromatic N) is 1. The topological polar surface area (TPSA) is 92.8 Å². The standard InChI is InChI=1S/C23H28N2O5S/c1-18-11-13-22(14-12-18)31(28,29)24-19(2)23(27)25(15-7-8-16-30-20(3)26)17-21-9-5-4-6-10-21/h4-14,19,24H,15-17H2,1-3H3/b8-7-/t19-/m0/s1. The van der Waals surface area contributed by atoms with Crippen molar-refractivity contribution in [2.45, 2.75) is 38.3 Å². The summed E-state index contributed by atoms with van der Waals surface area (Å²) in [6, 6.07) is 14.9. The summed E-state index contributed by atoms with van der Waals surface area (Å²) in [6.45, 7) is 5.38. The van der Waals surface area contributed by atoms with E-state index in [9.17, 15) is 18.0 Å². The minimum atomic E-state index is -3.84. The molecule has 0 saturated carbocycles. The lowest BCUT2D eigenvalue weighted by Crippen LogP contribution is -2.46. The molecule has 0 saturated heterocycles. The molecule has 0 aliphatic rings. The predicted molar refractivity (Wildman–Crippen MR) is 119 cm³/mol. The first-order chi connectivity index (χ1) is 14.7. The van der Waals surface area contributed by atoms with Crippen LogP contribution in [-0.4, -0.2) is 44.4 Å². The number of sulfonamides is 1. The zero-order valence-electron chi connectivity index (χ0n) is 17.9. The molecule has 2 rings (SSSR count). The number of rotatable bonds is 10. The van der Waals surface area contributed by atoms with Crippen LogP contribution in [0.15, 0.2) is 71.6 Å². The summed E-state index contributed by atoms with van der Waals surface area (Å²) in [6.07, 6.45) is 3.36. The smallest absolute Gasteiger partial charge is 0.302 e. The van der Waals surface area contributed by atoms with Crippen molar-refractivity contribution < 1.29 is 22.7 Å². The fourth-order valence-corrected chi connectivity index (χ4v) is 4.01. The average molecular weight is 445 g/mol. The van der Waals surface area contributed by atoms with Crippen LogP contribution in [-0.2, 0) is 30.9 Å². The molecule has 0 aromatic heterocycles. The number of hydrogen-bond donors (Lipinski definition) is 1. The van der Waals surface area contributed by atoms with Crippen LogP contribution in [0.1, 0.15) is 25.0 Å². The van der Waals surface area contributed by atoms with Crippen molar-refractivity contribution in [2.75, 3.05) is 13.2 Å². The summed E-state index contributed by atoms with van der Waals surface area (Å²) in [5.41, 5.74) is 1.86. The van der Waals surface area contributed by atoms with Gasteiger partial charge in [-0.05, 0) is 37.6 Å². The number of amides is 1. The number of aryl methyl sites for hydroxylation is 1. The number of ether oxygens (including phenoxy) is 1. The summed E-state index contributed by atoms with van der Waals surface area (Å²) in [5.74, 6) is -0.752. The van der Waals surface area contributed by atoms with Crippen molar-refractivity contribution >= 4 is 21.9 Å². The van der Waals surface area contributed by atoms with E-state index in [-0.39, 0.29) is 29.9 Å². The molecular formula is C23H28N2O5S. The van der Waals surface area contributed by atoms with Gasteiger partial charge in [-0.3, -0.25) is 9.59 Å². The molecule has 8 heteroatoms. The Morgan fingerprint density at radius 1 is 1.06 bits per heavy atom. The number of esters is 1. The lowest BCUT2D eigenvalue weighted by Gasteiger charge is -2.25. The van der Waals surface area contributed by atoms with Crippen molar-refractivity contribution in [1.82, 2.24) is 9.62 Å². The number of nitrogens with one attached hydrogen (secondary N) is 1. The molecule has 1 N–H and O–H groups in total. The van der Waals surface area contributed by atoms with E-state index < -0.39 is 16.1 Å². The molecule has 0 heterocycles. The second-order valence-corrected chi connectivity index (χ2v) is 8.85. The van der Waals surface area contributed by atoms with Gasteiger partial charge in [-0.25, -0.2) is 8.42 Å². The van der Waals surface area contributed by atoms with Gasteiger partial charge in [-0.2, -0.15) is 4.72 Å². The van der Waals surface area contributed by atoms with Gasteiger partial charge in [-0.15, -0.1) is 0 Å². The molecule has 166 valence electrons. The van der Waals surface area contributed by atoms with Gasteiger partial charge in [0, 0.05) is 20.0 Å². The maximum absolute atomic E-state index is 13.1. The fourth-order valence-electron chi connectivity index (χ4n) is 2.81. The predicted octanol–water partition coefficient (Wildman–Crippen LogP) is 2.81. The average Bonchev–Trinajstić information content (AvgIpc) is 2.72. The highest BCUT2D eigenvalue weighted by atomic mass is 32.2. The lowest BCUT2D eigenvalue weighted by molar-refractivity contribution is -0.139. The molecule has 0 aliphatic carbocycles. The minimum absolute atomic E-state index is 0.105. The Morgan fingerprint density at radius 3 is 2.32 bits per heavy atom. The first kappa shape index (κ1) is 24.3. The van der Waals surface area contributed by atoms with Crippen molar-refractivity contribution in [2.24, 2.45) is 0 Å². The summed E-state index contributed by atoms with van der Waals surface area (Å²) in [7, 11) is -3.84. The van der Waals surface area contributed by atoms with E-state index in [1.807, 2.05) is 37.3 Å². The normalized spacial score (nSPS) is 12.5. The molecule has 0 aliphatic heterocycles. The van der Waals surface area contributed by atoms with Gasteiger partial charge in [-0.1, -0.05) is 54.1 Å². The number of benzene rings is 2. The van der Waals surface area contributed by atoms with Crippen LogP contribution in [0.4, 0.5) is 0 Å². The molecule has 7 nitrogen and oxygen atoms in total. The zero-order chi connectivity index (χ0) is 22.9. The van der Waals surface area contributed by atoms with Gasteiger partial charge < -0.3 is 9.64 Å². The third-order valence-corrected chi connectivity index (χ3v) is 5.99. The van der Waals surface area contributed by atoms with Crippen molar-refractivity contribution in [1.29, 1.82) is 0 Å². The molecule has 1 atom stereocenters. The molecule has 1 amide bonds. The molecule has 31 heavy (non-hydrogen) atoms. The second-order valence-electron chi connectivity index (χ2n) is 7.13. The van der Waals surface area contributed by atoms with Crippen molar-refractivity contribution in [3.63, 3.8) is 0 Å². The van der Waals surface area contributed by atoms with Gasteiger partial charge >= 0.3 is 5.97 Å². The van der Waals surface area contributed by atoms with Crippen LogP contribution in [0, 0.1) is 6.92 Å². The molecule has 0 spiro atoms. The highest BCUT2D eigenvalue weighted by Crippen LogP contribution is 2.12. The first-order valence-corrected chi connectivity index (χ1v) is 11.4. The van der Waals surface area contributed by atoms with Crippen LogP contribution in [0.5, 0.6) is 0 Å². The summed E-state index contributed by atoms with van der Waals surface area (Å²) >= 11 is 0. The maximum Gasteiger partial charge on any atom is 0.302 e. The van der Waals surface area contributed by atoms with Crippen LogP contribution in [0.2, 0.25) is 0 Å². The molecule has 0 bridgehead atoms. The Hall–Kier alpha value is -2.97. The van der Waals surface area contributed by atoms with E-state index in [0.717, 1.165) is 11.1 Å². The third kappa shape index (κ3) is 7.99. The van der Waals surface area contributed by atoms with E-state index in [4.69, 9.17) is 4.74 Å². The van der Waals surface area contributed by atoms with Crippen LogP contribution in [0.3, 0.4) is 0 Å². The Morgan fingerprint density at radius 2 is 1.71 bits per heavy atom. The molecule has 0 unspecified atom stereocenters. The largest absolute Gasteiger partial charge is 0.462 e. The summed E-state index contributed by atoms with van der Waals surface area (Å²) < 4.78 is 32.6. The quantitative estimate of drug-likeness (QED) is 0.449. The van der Waals surface area contributed by atoms with Gasteiger partial charge in [0.15, 0.2) is 0 Å². The monoisotopic (exact) mass is 444 g/mol. The number of hydrogen-bond acceptors (Lipinski definition) is 5.